The number of benzene rings is 1. The van der Waals surface area contributed by atoms with Gasteiger partial charge in [-0.15, -0.1) is 11.8 Å². The van der Waals surface area contributed by atoms with E-state index in [1.165, 1.54) is 23.9 Å². The molecule has 0 amide bonds. The Labute approximate surface area is 120 Å². The van der Waals surface area contributed by atoms with Crippen LogP contribution in [0, 0.1) is 11.6 Å². The summed E-state index contributed by atoms with van der Waals surface area (Å²) in [5.74, 6) is -0.250. The molecule has 0 saturated carbocycles. The summed E-state index contributed by atoms with van der Waals surface area (Å²) in [7, 11) is 6.19. The van der Waals surface area contributed by atoms with E-state index in [2.05, 4.69) is 6.92 Å². The Morgan fingerprint density at radius 1 is 1.11 bits per heavy atom. The lowest BCUT2D eigenvalue weighted by atomic mass is 9.61. The lowest BCUT2D eigenvalue weighted by Crippen LogP contribution is -2.25. The summed E-state index contributed by atoms with van der Waals surface area (Å²) in [6.07, 6.45) is 3.29. The molecule has 0 atom stereocenters. The van der Waals surface area contributed by atoms with Gasteiger partial charge < -0.3 is 0 Å². The highest BCUT2D eigenvalue weighted by Crippen LogP contribution is 2.33. The lowest BCUT2D eigenvalue weighted by molar-refractivity contribution is 0.512. The summed E-state index contributed by atoms with van der Waals surface area (Å²) in [6.45, 7) is 5.92. The van der Waals surface area contributed by atoms with Crippen LogP contribution < -0.4 is 0 Å². The highest BCUT2D eigenvalue weighted by molar-refractivity contribution is 7.99. The number of halogens is 2. The molecule has 1 aromatic carbocycles. The molecule has 1 rings (SSSR count). The van der Waals surface area contributed by atoms with Crippen LogP contribution in [0.2, 0.25) is 0 Å². The number of hydrogen-bond donors (Lipinski definition) is 0. The van der Waals surface area contributed by atoms with Crippen molar-refractivity contribution in [1.82, 2.24) is 0 Å². The third-order valence-corrected chi connectivity index (χ3v) is 4.75. The molecule has 0 saturated heterocycles. The normalized spacial score (nSPS) is 11.8. The van der Waals surface area contributed by atoms with Gasteiger partial charge in [0, 0.05) is 0 Å². The first-order valence-electron chi connectivity index (χ1n) is 6.89. The van der Waals surface area contributed by atoms with E-state index in [4.69, 9.17) is 7.85 Å². The topological polar surface area (TPSA) is 0 Å². The summed E-state index contributed by atoms with van der Waals surface area (Å²) < 4.78 is 28.0. The fraction of sp³-hybridized carbons (Fsp3) is 0.600. The zero-order chi connectivity index (χ0) is 14.5. The van der Waals surface area contributed by atoms with E-state index in [0.717, 1.165) is 18.6 Å². The SMILES string of the molecule is [B]C(CC)(CC)c1cc(F)c(SCCCC)c(F)c1. The van der Waals surface area contributed by atoms with Crippen LogP contribution in [-0.2, 0) is 5.31 Å². The quantitative estimate of drug-likeness (QED) is 0.383. The average molecular weight is 282 g/mol. The Bertz CT molecular complexity index is 394. The van der Waals surface area contributed by atoms with Crippen molar-refractivity contribution in [1.29, 1.82) is 0 Å². The van der Waals surface area contributed by atoms with Gasteiger partial charge in [-0.2, -0.15) is 0 Å². The lowest BCUT2D eigenvalue weighted by Gasteiger charge is -2.28. The van der Waals surface area contributed by atoms with Crippen LogP contribution in [-0.4, -0.2) is 13.6 Å². The minimum absolute atomic E-state index is 0.117. The monoisotopic (exact) mass is 282 g/mol. The van der Waals surface area contributed by atoms with Crippen molar-refractivity contribution >= 4 is 19.6 Å². The molecule has 0 N–H and O–H groups in total. The molecular formula is C15H21BF2S. The molecule has 0 unspecified atom stereocenters. The summed E-state index contributed by atoms with van der Waals surface area (Å²) >= 11 is 1.24. The summed E-state index contributed by atoms with van der Waals surface area (Å²) in [5.41, 5.74) is 0.548. The molecule has 0 bridgehead atoms. The maximum Gasteiger partial charge on any atom is 0.139 e. The molecule has 0 fully saturated rings. The van der Waals surface area contributed by atoms with Crippen molar-refractivity contribution in [2.75, 3.05) is 5.75 Å². The molecule has 1 aromatic rings. The van der Waals surface area contributed by atoms with Gasteiger partial charge in [0.2, 0.25) is 0 Å². The highest BCUT2D eigenvalue weighted by Gasteiger charge is 2.24. The Hall–Kier alpha value is -0.505. The zero-order valence-electron chi connectivity index (χ0n) is 11.9. The summed E-state index contributed by atoms with van der Waals surface area (Å²) in [5, 5.41) is -0.645. The van der Waals surface area contributed by atoms with Crippen LogP contribution in [0.4, 0.5) is 8.78 Å². The molecule has 0 aliphatic heterocycles. The van der Waals surface area contributed by atoms with Gasteiger partial charge in [0.05, 0.1) is 12.7 Å². The second-order valence-corrected chi connectivity index (χ2v) is 5.94. The van der Waals surface area contributed by atoms with Crippen LogP contribution in [0.25, 0.3) is 0 Å². The van der Waals surface area contributed by atoms with Gasteiger partial charge in [-0.05, 0) is 35.2 Å². The predicted molar refractivity (Wildman–Crippen MR) is 80.0 cm³/mol. The van der Waals surface area contributed by atoms with E-state index >= 15 is 0 Å². The number of hydrogen-bond acceptors (Lipinski definition) is 1. The van der Waals surface area contributed by atoms with E-state index in [1.54, 1.807) is 0 Å². The minimum atomic E-state index is -0.645. The fourth-order valence-corrected chi connectivity index (χ4v) is 2.99. The van der Waals surface area contributed by atoms with Crippen LogP contribution >= 0.6 is 11.8 Å². The largest absolute Gasteiger partial charge is 0.206 e. The zero-order valence-corrected chi connectivity index (χ0v) is 12.7. The summed E-state index contributed by atoms with van der Waals surface area (Å²) in [6, 6.07) is 2.79. The maximum atomic E-state index is 14.0. The van der Waals surface area contributed by atoms with E-state index in [9.17, 15) is 8.78 Å². The molecule has 104 valence electrons. The molecule has 2 radical (unpaired) electrons. The Morgan fingerprint density at radius 2 is 1.63 bits per heavy atom. The minimum Gasteiger partial charge on any atom is -0.206 e. The highest BCUT2D eigenvalue weighted by atomic mass is 32.2. The number of unbranched alkanes of at least 4 members (excludes halogenated alkanes) is 1. The van der Waals surface area contributed by atoms with Crippen molar-refractivity contribution in [3.63, 3.8) is 0 Å². The first-order valence-corrected chi connectivity index (χ1v) is 7.88. The smallest absolute Gasteiger partial charge is 0.139 e. The van der Waals surface area contributed by atoms with E-state index in [-0.39, 0.29) is 4.90 Å². The van der Waals surface area contributed by atoms with E-state index < -0.39 is 16.9 Å². The molecule has 19 heavy (non-hydrogen) atoms. The molecule has 0 aliphatic rings. The van der Waals surface area contributed by atoms with Crippen molar-refractivity contribution in [2.24, 2.45) is 0 Å². The average Bonchev–Trinajstić information content (AvgIpc) is 2.40. The van der Waals surface area contributed by atoms with Gasteiger partial charge in [0.15, 0.2) is 0 Å². The molecule has 0 spiro atoms. The van der Waals surface area contributed by atoms with Gasteiger partial charge >= 0.3 is 0 Å². The van der Waals surface area contributed by atoms with Crippen LogP contribution in [0.5, 0.6) is 0 Å². The van der Waals surface area contributed by atoms with Gasteiger partial charge in [-0.3, -0.25) is 0 Å². The van der Waals surface area contributed by atoms with Gasteiger partial charge in [0.25, 0.3) is 0 Å². The molecule has 0 aliphatic carbocycles. The molecule has 0 heterocycles. The Balaban J connectivity index is 3.02. The summed E-state index contributed by atoms with van der Waals surface area (Å²) in [4.78, 5) is 0.117. The van der Waals surface area contributed by atoms with Crippen molar-refractivity contribution in [3.8, 4) is 0 Å². The molecule has 0 aromatic heterocycles. The first-order chi connectivity index (χ1) is 8.98. The van der Waals surface area contributed by atoms with Gasteiger partial charge in [-0.1, -0.05) is 40.0 Å². The second-order valence-electron chi connectivity index (χ2n) is 4.83. The van der Waals surface area contributed by atoms with Crippen molar-refractivity contribution in [2.45, 2.75) is 56.7 Å². The Morgan fingerprint density at radius 3 is 2.05 bits per heavy atom. The van der Waals surface area contributed by atoms with Crippen molar-refractivity contribution < 1.29 is 8.78 Å². The number of thioether (sulfide) groups is 1. The second kappa shape index (κ2) is 7.32. The van der Waals surface area contributed by atoms with E-state index in [1.807, 2.05) is 13.8 Å². The Kier molecular flexibility index (Phi) is 6.38. The van der Waals surface area contributed by atoms with E-state index in [0.29, 0.717) is 18.4 Å². The van der Waals surface area contributed by atoms with Gasteiger partial charge in [0.1, 0.15) is 11.6 Å². The first kappa shape index (κ1) is 16.5. The standard InChI is InChI=1S/C15H21BF2S/c1-4-7-8-19-14-12(17)9-11(10-13(14)18)15(16,5-2)6-3/h9-10H,4-8H2,1-3H3. The maximum absolute atomic E-state index is 14.0. The van der Waals surface area contributed by atoms with Crippen LogP contribution in [0.15, 0.2) is 17.0 Å². The molecular weight excluding hydrogens is 261 g/mol. The van der Waals surface area contributed by atoms with Crippen molar-refractivity contribution in [3.05, 3.63) is 29.3 Å². The predicted octanol–water partition coefficient (Wildman–Crippen LogP) is 5.04. The molecule has 4 heteroatoms. The number of rotatable bonds is 7. The van der Waals surface area contributed by atoms with Crippen LogP contribution in [0.1, 0.15) is 52.0 Å². The van der Waals surface area contributed by atoms with Gasteiger partial charge in [-0.25, -0.2) is 8.78 Å². The third kappa shape index (κ3) is 3.98. The van der Waals surface area contributed by atoms with Crippen LogP contribution in [0.3, 0.4) is 0 Å². The molecule has 0 nitrogen and oxygen atoms in total. The third-order valence-electron chi connectivity index (χ3n) is 3.58. The fourth-order valence-electron chi connectivity index (χ4n) is 1.96.